The quantitative estimate of drug-likeness (QED) is 0.778. The van der Waals surface area contributed by atoms with Gasteiger partial charge in [0.05, 0.1) is 12.7 Å². The molecule has 1 rings (SSSR count). The van der Waals surface area contributed by atoms with Crippen LogP contribution in [0.25, 0.3) is 6.08 Å². The molecule has 1 aromatic rings. The number of hydrogen-bond donors (Lipinski definition) is 1. The highest BCUT2D eigenvalue weighted by atomic mass is 16.5. The first kappa shape index (κ1) is 16.2. The number of nitrogens with zero attached hydrogens (tertiary/aromatic N) is 1. The average molecular weight is 277 g/mol. The van der Waals surface area contributed by atoms with Crippen LogP contribution < -0.4 is 4.74 Å². The van der Waals surface area contributed by atoms with E-state index in [0.29, 0.717) is 13.1 Å². The van der Waals surface area contributed by atoms with E-state index in [-0.39, 0.29) is 18.6 Å². The van der Waals surface area contributed by atoms with Crippen LogP contribution in [0, 0.1) is 0 Å². The second-order valence-electron chi connectivity index (χ2n) is 4.71. The maximum absolute atomic E-state index is 11.9. The highest BCUT2D eigenvalue weighted by Crippen LogP contribution is 2.16. The molecule has 0 saturated heterocycles. The number of amides is 1. The van der Waals surface area contributed by atoms with E-state index in [9.17, 15) is 4.79 Å². The van der Waals surface area contributed by atoms with Crippen molar-refractivity contribution in [3.63, 3.8) is 0 Å². The van der Waals surface area contributed by atoms with Gasteiger partial charge >= 0.3 is 0 Å². The van der Waals surface area contributed by atoms with E-state index in [1.165, 1.54) is 6.08 Å². The van der Waals surface area contributed by atoms with E-state index in [4.69, 9.17) is 9.84 Å². The zero-order valence-electron chi connectivity index (χ0n) is 12.4. The van der Waals surface area contributed by atoms with Crippen LogP contribution in [0.15, 0.2) is 30.3 Å². The number of carbonyl (C=O) groups is 1. The molecule has 0 aromatic heterocycles. The molecule has 4 heteroatoms. The van der Waals surface area contributed by atoms with Gasteiger partial charge in [-0.05, 0) is 44.5 Å². The van der Waals surface area contributed by atoms with Crippen LogP contribution in [0.4, 0.5) is 0 Å². The maximum Gasteiger partial charge on any atom is 0.246 e. The number of rotatable bonds is 7. The first-order chi connectivity index (χ1) is 9.56. The fraction of sp³-hybridized carbons (Fsp3) is 0.438. The van der Waals surface area contributed by atoms with Crippen LogP contribution in [-0.2, 0) is 4.79 Å². The Morgan fingerprint density at radius 2 is 2.20 bits per heavy atom. The standard InChI is InChI=1S/C16H23NO3/c1-4-17(10-11-18)16(19)9-8-14-6-5-7-15(12-14)20-13(2)3/h5-9,12-13,18H,4,10-11H2,1-3H3/b9-8+. The summed E-state index contributed by atoms with van der Waals surface area (Å²) >= 11 is 0. The third kappa shape index (κ3) is 5.45. The first-order valence-corrected chi connectivity index (χ1v) is 6.91. The number of aliphatic hydroxyl groups is 1. The second-order valence-corrected chi connectivity index (χ2v) is 4.71. The normalized spacial score (nSPS) is 11.1. The van der Waals surface area contributed by atoms with Crippen molar-refractivity contribution >= 4 is 12.0 Å². The van der Waals surface area contributed by atoms with Crippen molar-refractivity contribution in [1.29, 1.82) is 0 Å². The lowest BCUT2D eigenvalue weighted by atomic mass is 10.2. The van der Waals surface area contributed by atoms with E-state index in [1.54, 1.807) is 11.0 Å². The van der Waals surface area contributed by atoms with Gasteiger partial charge in [-0.1, -0.05) is 12.1 Å². The van der Waals surface area contributed by atoms with Gasteiger partial charge in [0.25, 0.3) is 0 Å². The molecule has 20 heavy (non-hydrogen) atoms. The van der Waals surface area contributed by atoms with Crippen molar-refractivity contribution in [3.8, 4) is 5.75 Å². The monoisotopic (exact) mass is 277 g/mol. The molecule has 0 saturated carbocycles. The molecule has 0 bridgehead atoms. The first-order valence-electron chi connectivity index (χ1n) is 6.91. The smallest absolute Gasteiger partial charge is 0.246 e. The summed E-state index contributed by atoms with van der Waals surface area (Å²) in [6.07, 6.45) is 3.40. The van der Waals surface area contributed by atoms with E-state index in [0.717, 1.165) is 11.3 Å². The van der Waals surface area contributed by atoms with E-state index in [1.807, 2.05) is 45.0 Å². The Hall–Kier alpha value is -1.81. The van der Waals surface area contributed by atoms with Crippen LogP contribution in [0.5, 0.6) is 5.75 Å². The molecule has 1 aromatic carbocycles. The average Bonchev–Trinajstić information content (AvgIpc) is 2.42. The molecule has 0 fully saturated rings. The highest BCUT2D eigenvalue weighted by Gasteiger charge is 2.06. The van der Waals surface area contributed by atoms with Crippen LogP contribution in [0.3, 0.4) is 0 Å². The Labute approximate surface area is 120 Å². The minimum absolute atomic E-state index is 0.0227. The third-order valence-corrected chi connectivity index (χ3v) is 2.71. The molecule has 0 atom stereocenters. The molecule has 110 valence electrons. The fourth-order valence-corrected chi connectivity index (χ4v) is 1.78. The Morgan fingerprint density at radius 1 is 1.45 bits per heavy atom. The van der Waals surface area contributed by atoms with E-state index in [2.05, 4.69) is 0 Å². The number of likely N-dealkylation sites (N-methyl/N-ethyl adjacent to an activating group) is 1. The van der Waals surface area contributed by atoms with Crippen molar-refractivity contribution in [2.75, 3.05) is 19.7 Å². The Morgan fingerprint density at radius 3 is 2.80 bits per heavy atom. The Kier molecular flexibility index (Phi) is 6.81. The summed E-state index contributed by atoms with van der Waals surface area (Å²) in [4.78, 5) is 13.5. The molecule has 0 aliphatic carbocycles. The van der Waals surface area contributed by atoms with Crippen molar-refractivity contribution < 1.29 is 14.6 Å². The van der Waals surface area contributed by atoms with E-state index < -0.39 is 0 Å². The van der Waals surface area contributed by atoms with Gasteiger partial charge in [0.15, 0.2) is 0 Å². The molecule has 0 heterocycles. The number of hydrogen-bond acceptors (Lipinski definition) is 3. The van der Waals surface area contributed by atoms with E-state index >= 15 is 0 Å². The Balaban J connectivity index is 2.71. The summed E-state index contributed by atoms with van der Waals surface area (Å²) < 4.78 is 5.61. The molecule has 1 amide bonds. The highest BCUT2D eigenvalue weighted by molar-refractivity contribution is 5.91. The molecule has 0 aliphatic heterocycles. The molecular formula is C16H23NO3. The largest absolute Gasteiger partial charge is 0.491 e. The number of ether oxygens (including phenoxy) is 1. The summed E-state index contributed by atoms with van der Waals surface area (Å²) in [6.45, 7) is 6.75. The zero-order valence-corrected chi connectivity index (χ0v) is 12.4. The molecule has 0 unspecified atom stereocenters. The van der Waals surface area contributed by atoms with Gasteiger partial charge < -0.3 is 14.7 Å². The van der Waals surface area contributed by atoms with Gasteiger partial charge in [-0.3, -0.25) is 4.79 Å². The Bertz CT molecular complexity index is 455. The summed E-state index contributed by atoms with van der Waals surface area (Å²) in [7, 11) is 0. The molecule has 0 spiro atoms. The predicted molar refractivity (Wildman–Crippen MR) is 80.6 cm³/mol. The second kappa shape index (κ2) is 8.38. The summed E-state index contributed by atoms with van der Waals surface area (Å²) in [6, 6.07) is 7.60. The predicted octanol–water partition coefficient (Wildman–Crippen LogP) is 2.33. The minimum Gasteiger partial charge on any atom is -0.491 e. The van der Waals surface area contributed by atoms with Crippen LogP contribution in [0.2, 0.25) is 0 Å². The van der Waals surface area contributed by atoms with Gasteiger partial charge in [0, 0.05) is 19.2 Å². The lowest BCUT2D eigenvalue weighted by Crippen LogP contribution is -2.31. The summed E-state index contributed by atoms with van der Waals surface area (Å²) in [5.74, 6) is 0.689. The maximum atomic E-state index is 11.9. The molecule has 0 aliphatic rings. The van der Waals surface area contributed by atoms with Crippen LogP contribution in [-0.4, -0.2) is 41.7 Å². The third-order valence-electron chi connectivity index (χ3n) is 2.71. The van der Waals surface area contributed by atoms with Crippen LogP contribution >= 0.6 is 0 Å². The van der Waals surface area contributed by atoms with Gasteiger partial charge in [0.1, 0.15) is 5.75 Å². The summed E-state index contributed by atoms with van der Waals surface area (Å²) in [5, 5.41) is 8.89. The van der Waals surface area contributed by atoms with Gasteiger partial charge in [-0.15, -0.1) is 0 Å². The number of benzene rings is 1. The van der Waals surface area contributed by atoms with Crippen molar-refractivity contribution in [3.05, 3.63) is 35.9 Å². The van der Waals surface area contributed by atoms with Crippen molar-refractivity contribution in [2.45, 2.75) is 26.9 Å². The molecule has 1 N–H and O–H groups in total. The summed E-state index contributed by atoms with van der Waals surface area (Å²) in [5.41, 5.74) is 0.913. The molecular weight excluding hydrogens is 254 g/mol. The zero-order chi connectivity index (χ0) is 15.0. The minimum atomic E-state index is -0.100. The number of carbonyl (C=O) groups excluding carboxylic acids is 1. The lowest BCUT2D eigenvalue weighted by Gasteiger charge is -2.17. The van der Waals surface area contributed by atoms with Crippen molar-refractivity contribution in [2.24, 2.45) is 0 Å². The van der Waals surface area contributed by atoms with Crippen LogP contribution in [0.1, 0.15) is 26.3 Å². The molecule has 0 radical (unpaired) electrons. The van der Waals surface area contributed by atoms with Gasteiger partial charge in [-0.2, -0.15) is 0 Å². The molecule has 4 nitrogen and oxygen atoms in total. The van der Waals surface area contributed by atoms with Gasteiger partial charge in [-0.25, -0.2) is 0 Å². The lowest BCUT2D eigenvalue weighted by molar-refractivity contribution is -0.126. The van der Waals surface area contributed by atoms with Crippen molar-refractivity contribution in [1.82, 2.24) is 4.90 Å². The fourth-order valence-electron chi connectivity index (χ4n) is 1.78. The SMILES string of the molecule is CCN(CCO)C(=O)/C=C/c1cccc(OC(C)C)c1. The van der Waals surface area contributed by atoms with Gasteiger partial charge in [0.2, 0.25) is 5.91 Å². The number of aliphatic hydroxyl groups excluding tert-OH is 1. The topological polar surface area (TPSA) is 49.8 Å².